The topological polar surface area (TPSA) is 89.3 Å². The number of aromatic nitrogens is 3. The third-order valence-corrected chi connectivity index (χ3v) is 6.97. The Kier molecular flexibility index (Phi) is 6.16. The largest absolute Gasteiger partial charge is 0.497 e. The van der Waals surface area contributed by atoms with Crippen LogP contribution in [-0.2, 0) is 6.54 Å². The summed E-state index contributed by atoms with van der Waals surface area (Å²) < 4.78 is 7.51. The van der Waals surface area contributed by atoms with E-state index < -0.39 is 5.97 Å². The van der Waals surface area contributed by atoms with E-state index in [2.05, 4.69) is 51.9 Å². The first-order valence-corrected chi connectivity index (χ1v) is 12.0. The van der Waals surface area contributed by atoms with Crippen LogP contribution in [0.4, 0.5) is 5.82 Å². The van der Waals surface area contributed by atoms with Crippen LogP contribution in [0.5, 0.6) is 5.75 Å². The maximum Gasteiger partial charge on any atom is 0.374 e. The highest BCUT2D eigenvalue weighted by Gasteiger charge is 2.27. The van der Waals surface area contributed by atoms with Crippen LogP contribution in [-0.4, -0.2) is 38.8 Å². The number of anilines is 1. The normalized spacial score (nSPS) is 14.5. The molecule has 1 aliphatic carbocycles. The Hall–Kier alpha value is -3.87. The number of hydrogen-bond donors (Lipinski definition) is 2. The molecule has 4 aromatic rings. The van der Waals surface area contributed by atoms with Gasteiger partial charge in [0.1, 0.15) is 11.3 Å². The number of aromatic carboxylic acids is 1. The first kappa shape index (κ1) is 22.9. The predicted molar refractivity (Wildman–Crippen MR) is 137 cm³/mol. The van der Waals surface area contributed by atoms with Gasteiger partial charge in [-0.15, -0.1) is 0 Å². The zero-order chi connectivity index (χ0) is 24.5. The van der Waals surface area contributed by atoms with Gasteiger partial charge in [-0.2, -0.15) is 0 Å². The molecule has 1 saturated carbocycles. The summed E-state index contributed by atoms with van der Waals surface area (Å²) in [5.41, 5.74) is 5.69. The quantitative estimate of drug-likeness (QED) is 0.340. The van der Waals surface area contributed by atoms with E-state index in [0.29, 0.717) is 23.8 Å². The van der Waals surface area contributed by atoms with Crippen LogP contribution in [0.2, 0.25) is 0 Å². The fourth-order valence-electron chi connectivity index (χ4n) is 4.76. The monoisotopic (exact) mass is 470 g/mol. The van der Waals surface area contributed by atoms with E-state index in [1.807, 2.05) is 36.4 Å². The fraction of sp³-hybridized carbons (Fsp3) is 0.321. The van der Waals surface area contributed by atoms with Crippen molar-refractivity contribution < 1.29 is 14.6 Å². The molecule has 5 rings (SSSR count). The number of carboxylic acid groups (broad SMARTS) is 1. The first-order chi connectivity index (χ1) is 16.9. The van der Waals surface area contributed by atoms with Gasteiger partial charge in [-0.25, -0.2) is 14.8 Å². The molecule has 1 atom stereocenters. The van der Waals surface area contributed by atoms with Gasteiger partial charge >= 0.3 is 5.97 Å². The molecule has 0 aliphatic heterocycles. The molecule has 0 bridgehead atoms. The molecule has 2 aromatic heterocycles. The summed E-state index contributed by atoms with van der Waals surface area (Å²) in [4.78, 5) is 20.8. The average molecular weight is 471 g/mol. The Morgan fingerprint density at radius 1 is 1.17 bits per heavy atom. The highest BCUT2D eigenvalue weighted by Crippen LogP contribution is 2.35. The summed E-state index contributed by atoms with van der Waals surface area (Å²) in [5, 5.41) is 13.3. The van der Waals surface area contributed by atoms with Gasteiger partial charge in [0, 0.05) is 12.6 Å². The second kappa shape index (κ2) is 9.41. The Balaban J connectivity index is 1.70. The molecule has 7 heteroatoms. The number of nitrogens with zero attached hydrogens (tertiary/aromatic N) is 3. The van der Waals surface area contributed by atoms with E-state index in [-0.39, 0.29) is 11.9 Å². The van der Waals surface area contributed by atoms with Crippen molar-refractivity contribution in [1.82, 2.24) is 14.5 Å². The summed E-state index contributed by atoms with van der Waals surface area (Å²) in [5.74, 6) is 0.606. The van der Waals surface area contributed by atoms with Gasteiger partial charge in [-0.1, -0.05) is 42.3 Å². The zero-order valence-electron chi connectivity index (χ0n) is 20.3. The van der Waals surface area contributed by atoms with Gasteiger partial charge < -0.3 is 19.7 Å². The van der Waals surface area contributed by atoms with Gasteiger partial charge in [0.05, 0.1) is 18.3 Å². The average Bonchev–Trinajstić information content (AvgIpc) is 3.17. The lowest BCUT2D eigenvalue weighted by molar-refractivity contribution is 0.0684. The molecule has 1 aliphatic rings. The van der Waals surface area contributed by atoms with Crippen molar-refractivity contribution in [1.29, 1.82) is 0 Å². The highest BCUT2D eigenvalue weighted by atomic mass is 16.5. The molecule has 0 spiro atoms. The van der Waals surface area contributed by atoms with Crippen LogP contribution in [0.1, 0.15) is 47.9 Å². The van der Waals surface area contributed by atoms with Gasteiger partial charge in [-0.05, 0) is 68.0 Å². The van der Waals surface area contributed by atoms with E-state index in [0.717, 1.165) is 33.7 Å². The Labute approximate surface area is 204 Å². The lowest BCUT2D eigenvalue weighted by atomic mass is 9.80. The molecule has 2 heterocycles. The zero-order valence-corrected chi connectivity index (χ0v) is 20.3. The highest BCUT2D eigenvalue weighted by molar-refractivity contribution is 5.95. The van der Waals surface area contributed by atoms with Crippen LogP contribution >= 0.6 is 0 Å². The molecule has 0 unspecified atom stereocenters. The number of benzene rings is 2. The Morgan fingerprint density at radius 2 is 1.94 bits per heavy atom. The molecular formula is C28H30N4O3. The number of hydrogen-bond acceptors (Lipinski definition) is 5. The van der Waals surface area contributed by atoms with Crippen molar-refractivity contribution in [3.05, 3.63) is 71.5 Å². The third kappa shape index (κ3) is 4.58. The molecular weight excluding hydrogens is 440 g/mol. The number of fused-ring (bicyclic) bond motifs is 1. The predicted octanol–water partition coefficient (Wildman–Crippen LogP) is 5.76. The SMILES string of the molecule is COc1ccc(Cn2c(-c3cccc(C)c3)cc3nc(C(=O)O)nc(N[C@H](C)C4CCC4)c32)cc1. The summed E-state index contributed by atoms with van der Waals surface area (Å²) in [6, 6.07) is 18.4. The maximum atomic E-state index is 11.9. The van der Waals surface area contributed by atoms with Crippen molar-refractivity contribution >= 4 is 22.8 Å². The third-order valence-electron chi connectivity index (χ3n) is 6.97. The summed E-state index contributed by atoms with van der Waals surface area (Å²) in [6.07, 6.45) is 3.59. The number of rotatable bonds is 8. The van der Waals surface area contributed by atoms with E-state index in [9.17, 15) is 9.90 Å². The molecule has 7 nitrogen and oxygen atoms in total. The first-order valence-electron chi connectivity index (χ1n) is 12.0. The molecule has 0 amide bonds. The minimum absolute atomic E-state index is 0.190. The molecule has 0 radical (unpaired) electrons. The lowest BCUT2D eigenvalue weighted by Gasteiger charge is -2.32. The van der Waals surface area contributed by atoms with Gasteiger partial charge in [0.2, 0.25) is 5.82 Å². The number of aryl methyl sites for hydroxylation is 1. The smallest absolute Gasteiger partial charge is 0.374 e. The molecule has 2 N–H and O–H groups in total. The van der Waals surface area contributed by atoms with Crippen LogP contribution in [0.3, 0.4) is 0 Å². The number of carboxylic acids is 1. The van der Waals surface area contributed by atoms with Crippen LogP contribution in [0.15, 0.2) is 54.6 Å². The second-order valence-electron chi connectivity index (χ2n) is 9.39. The molecule has 2 aromatic carbocycles. The molecule has 35 heavy (non-hydrogen) atoms. The number of carbonyl (C=O) groups is 1. The minimum atomic E-state index is -1.13. The van der Waals surface area contributed by atoms with Crippen molar-refractivity contribution in [2.45, 2.75) is 45.7 Å². The van der Waals surface area contributed by atoms with Gasteiger partial charge in [0.25, 0.3) is 0 Å². The van der Waals surface area contributed by atoms with E-state index in [1.54, 1.807) is 7.11 Å². The van der Waals surface area contributed by atoms with Crippen molar-refractivity contribution in [3.8, 4) is 17.0 Å². The number of nitrogens with one attached hydrogen (secondary N) is 1. The Bertz CT molecular complexity index is 1370. The minimum Gasteiger partial charge on any atom is -0.497 e. The summed E-state index contributed by atoms with van der Waals surface area (Å²) in [7, 11) is 1.66. The fourth-order valence-corrected chi connectivity index (χ4v) is 4.76. The van der Waals surface area contributed by atoms with Crippen LogP contribution in [0.25, 0.3) is 22.3 Å². The van der Waals surface area contributed by atoms with Crippen molar-refractivity contribution in [2.24, 2.45) is 5.92 Å². The van der Waals surface area contributed by atoms with Gasteiger partial charge in [0.15, 0.2) is 5.82 Å². The Morgan fingerprint density at radius 3 is 2.57 bits per heavy atom. The molecule has 0 saturated heterocycles. The van der Waals surface area contributed by atoms with Crippen molar-refractivity contribution in [2.75, 3.05) is 12.4 Å². The van der Waals surface area contributed by atoms with Crippen molar-refractivity contribution in [3.63, 3.8) is 0 Å². The summed E-state index contributed by atoms with van der Waals surface area (Å²) in [6.45, 7) is 4.80. The number of ether oxygens (including phenoxy) is 1. The van der Waals surface area contributed by atoms with E-state index in [1.165, 1.54) is 19.3 Å². The standard InChI is InChI=1S/C28H30N4O3/c1-17-6-4-9-21(14-17)24-15-23-25(32(24)16-19-10-12-22(35-3)13-11-19)26(31-27(30-23)28(33)34)29-18(2)20-7-5-8-20/h4,6,9-15,18,20H,5,7-8,16H2,1-3H3,(H,33,34)(H,29,30,31)/t18-/m1/s1. The number of methoxy groups -OCH3 is 1. The van der Waals surface area contributed by atoms with Crippen LogP contribution in [0, 0.1) is 12.8 Å². The van der Waals surface area contributed by atoms with Gasteiger partial charge in [-0.3, -0.25) is 0 Å². The van der Waals surface area contributed by atoms with E-state index >= 15 is 0 Å². The van der Waals surface area contributed by atoms with E-state index in [4.69, 9.17) is 4.74 Å². The molecule has 1 fully saturated rings. The molecule has 180 valence electrons. The van der Waals surface area contributed by atoms with Crippen LogP contribution < -0.4 is 10.1 Å². The second-order valence-corrected chi connectivity index (χ2v) is 9.39. The lowest BCUT2D eigenvalue weighted by Crippen LogP contribution is -2.31. The summed E-state index contributed by atoms with van der Waals surface area (Å²) >= 11 is 0. The maximum absolute atomic E-state index is 11.9.